The molecule has 1 aromatic rings. The Labute approximate surface area is 120 Å². The molecule has 2 fully saturated rings. The summed E-state index contributed by atoms with van der Waals surface area (Å²) in [5.41, 5.74) is 0.812. The third kappa shape index (κ3) is 2.65. The topological polar surface area (TPSA) is 45.2 Å². The minimum absolute atomic E-state index is 0.176. The number of fused-ring (bicyclic) bond motifs is 1. The minimum atomic E-state index is 0.176. The maximum Gasteiger partial charge on any atom is 0.227 e. The van der Waals surface area contributed by atoms with Crippen molar-refractivity contribution in [3.05, 3.63) is 18.3 Å². The molecule has 0 radical (unpaired) electrons. The van der Waals surface area contributed by atoms with Crippen molar-refractivity contribution in [1.82, 2.24) is 4.98 Å². The van der Waals surface area contributed by atoms with Crippen molar-refractivity contribution < 1.29 is 4.79 Å². The summed E-state index contributed by atoms with van der Waals surface area (Å²) in [4.78, 5) is 18.8. The van der Waals surface area contributed by atoms with Crippen molar-refractivity contribution in [3.63, 3.8) is 0 Å². The molecule has 1 heterocycles. The number of rotatable bonds is 5. The summed E-state index contributed by atoms with van der Waals surface area (Å²) < 4.78 is 0. The molecule has 2 atom stereocenters. The lowest BCUT2D eigenvalue weighted by molar-refractivity contribution is -0.120. The number of carbonyl (C=O) groups excluding carboxylic acids is 1. The fourth-order valence-electron chi connectivity index (χ4n) is 3.37. The molecule has 0 aromatic carbocycles. The van der Waals surface area contributed by atoms with E-state index >= 15 is 0 Å². The second-order valence-corrected chi connectivity index (χ2v) is 5.99. The maximum atomic E-state index is 12.2. The van der Waals surface area contributed by atoms with E-state index in [1.54, 1.807) is 6.20 Å². The van der Waals surface area contributed by atoms with E-state index in [9.17, 15) is 4.79 Å². The van der Waals surface area contributed by atoms with Crippen LogP contribution in [0.5, 0.6) is 0 Å². The Morgan fingerprint density at radius 3 is 2.50 bits per heavy atom. The number of hydrogen-bond acceptors (Lipinski definition) is 3. The van der Waals surface area contributed by atoms with E-state index in [0.29, 0.717) is 0 Å². The number of hydrogen-bond donors (Lipinski definition) is 1. The second-order valence-electron chi connectivity index (χ2n) is 5.99. The Morgan fingerprint density at radius 2 is 1.95 bits per heavy atom. The molecule has 2 aliphatic carbocycles. The zero-order valence-corrected chi connectivity index (χ0v) is 12.3. The molecule has 1 aromatic heterocycles. The first-order valence-corrected chi connectivity index (χ1v) is 7.73. The van der Waals surface area contributed by atoms with Gasteiger partial charge in [0.2, 0.25) is 5.91 Å². The first kappa shape index (κ1) is 13.4. The normalized spacial score (nSPS) is 27.0. The molecule has 20 heavy (non-hydrogen) atoms. The highest BCUT2D eigenvalue weighted by atomic mass is 16.1. The van der Waals surface area contributed by atoms with Gasteiger partial charge in [0.25, 0.3) is 0 Å². The average molecular weight is 273 g/mol. The van der Waals surface area contributed by atoms with Crippen LogP contribution in [0.25, 0.3) is 0 Å². The van der Waals surface area contributed by atoms with Gasteiger partial charge in [0.05, 0.1) is 11.9 Å². The van der Waals surface area contributed by atoms with Crippen LogP contribution in [0, 0.1) is 17.8 Å². The van der Waals surface area contributed by atoms with Crippen molar-refractivity contribution >= 4 is 17.4 Å². The lowest BCUT2D eigenvalue weighted by Crippen LogP contribution is -2.23. The van der Waals surface area contributed by atoms with Gasteiger partial charge in [0.15, 0.2) is 0 Å². The molecule has 0 spiro atoms. The fourth-order valence-corrected chi connectivity index (χ4v) is 3.37. The van der Waals surface area contributed by atoms with E-state index in [4.69, 9.17) is 0 Å². The summed E-state index contributed by atoms with van der Waals surface area (Å²) in [5.74, 6) is 3.05. The Bertz CT molecular complexity index is 471. The number of carbonyl (C=O) groups is 1. The van der Waals surface area contributed by atoms with Gasteiger partial charge in [0.1, 0.15) is 5.82 Å². The monoisotopic (exact) mass is 273 g/mol. The van der Waals surface area contributed by atoms with Crippen LogP contribution >= 0.6 is 0 Å². The summed E-state index contributed by atoms with van der Waals surface area (Å²) in [6.07, 6.45) is 5.29. The molecule has 2 saturated carbocycles. The van der Waals surface area contributed by atoms with Gasteiger partial charge >= 0.3 is 0 Å². The predicted molar refractivity (Wildman–Crippen MR) is 80.7 cm³/mol. The number of nitrogens with one attached hydrogen (secondary N) is 1. The predicted octanol–water partition coefficient (Wildman–Crippen LogP) is 2.91. The van der Waals surface area contributed by atoms with Gasteiger partial charge in [-0.05, 0) is 57.1 Å². The summed E-state index contributed by atoms with van der Waals surface area (Å²) in [5, 5.41) is 3.01. The van der Waals surface area contributed by atoms with Crippen LogP contribution in [0.15, 0.2) is 18.3 Å². The molecule has 1 N–H and O–H groups in total. The highest BCUT2D eigenvalue weighted by Gasteiger charge is 2.47. The third-order valence-electron chi connectivity index (χ3n) is 4.72. The van der Waals surface area contributed by atoms with Crippen molar-refractivity contribution in [1.29, 1.82) is 0 Å². The van der Waals surface area contributed by atoms with E-state index in [2.05, 4.69) is 29.0 Å². The third-order valence-corrected chi connectivity index (χ3v) is 4.72. The summed E-state index contributed by atoms with van der Waals surface area (Å²) in [7, 11) is 0. The molecule has 4 nitrogen and oxygen atoms in total. The largest absolute Gasteiger partial charge is 0.357 e. The van der Waals surface area contributed by atoms with Gasteiger partial charge in [-0.25, -0.2) is 4.98 Å². The standard InChI is InChI=1S/C16H23N3O/c1-3-19(4-2)15-6-5-14(10-17-15)18-16(20)13-8-11-7-12(11)9-13/h5-6,10-13H,3-4,7-9H2,1-2H3,(H,18,20). The highest BCUT2D eigenvalue weighted by molar-refractivity contribution is 5.92. The first-order chi connectivity index (χ1) is 9.71. The average Bonchev–Trinajstić information content (AvgIpc) is 3.08. The molecular formula is C16H23N3O. The molecule has 0 bridgehead atoms. The van der Waals surface area contributed by atoms with Gasteiger partial charge in [-0.1, -0.05) is 0 Å². The van der Waals surface area contributed by atoms with Crippen molar-refractivity contribution in [2.45, 2.75) is 33.1 Å². The van der Waals surface area contributed by atoms with E-state index in [1.165, 1.54) is 6.42 Å². The summed E-state index contributed by atoms with van der Waals surface area (Å²) >= 11 is 0. The van der Waals surface area contributed by atoms with Crippen LogP contribution in [-0.4, -0.2) is 24.0 Å². The zero-order chi connectivity index (χ0) is 14.1. The summed E-state index contributed by atoms with van der Waals surface area (Å²) in [6.45, 7) is 6.12. The minimum Gasteiger partial charge on any atom is -0.357 e. The second kappa shape index (κ2) is 5.43. The number of anilines is 2. The molecule has 0 saturated heterocycles. The Balaban J connectivity index is 1.58. The number of nitrogens with zero attached hydrogens (tertiary/aromatic N) is 2. The Hall–Kier alpha value is -1.58. The van der Waals surface area contributed by atoms with Crippen molar-refractivity contribution in [3.8, 4) is 0 Å². The van der Waals surface area contributed by atoms with Crippen LogP contribution in [0.2, 0.25) is 0 Å². The van der Waals surface area contributed by atoms with E-state index < -0.39 is 0 Å². The van der Waals surface area contributed by atoms with Crippen molar-refractivity contribution in [2.24, 2.45) is 17.8 Å². The summed E-state index contributed by atoms with van der Waals surface area (Å²) in [6, 6.07) is 3.93. The van der Waals surface area contributed by atoms with E-state index in [1.807, 2.05) is 12.1 Å². The van der Waals surface area contributed by atoms with Gasteiger partial charge in [-0.3, -0.25) is 4.79 Å². The van der Waals surface area contributed by atoms with Gasteiger partial charge in [0, 0.05) is 19.0 Å². The van der Waals surface area contributed by atoms with Crippen LogP contribution in [-0.2, 0) is 4.79 Å². The lowest BCUT2D eigenvalue weighted by atomic mass is 10.0. The number of pyridine rings is 1. The molecule has 4 heteroatoms. The van der Waals surface area contributed by atoms with E-state index in [-0.39, 0.29) is 11.8 Å². The van der Waals surface area contributed by atoms with Crippen LogP contribution in [0.1, 0.15) is 33.1 Å². The highest BCUT2D eigenvalue weighted by Crippen LogP contribution is 2.54. The smallest absolute Gasteiger partial charge is 0.227 e. The molecular weight excluding hydrogens is 250 g/mol. The molecule has 0 aliphatic heterocycles. The van der Waals surface area contributed by atoms with Crippen LogP contribution < -0.4 is 10.2 Å². The van der Waals surface area contributed by atoms with Gasteiger partial charge in [-0.2, -0.15) is 0 Å². The SMILES string of the molecule is CCN(CC)c1ccc(NC(=O)C2CC3CC3C2)cn1. The zero-order valence-electron chi connectivity index (χ0n) is 12.3. The first-order valence-electron chi connectivity index (χ1n) is 7.73. The van der Waals surface area contributed by atoms with Crippen molar-refractivity contribution in [2.75, 3.05) is 23.3 Å². The number of aromatic nitrogens is 1. The quantitative estimate of drug-likeness (QED) is 0.897. The van der Waals surface area contributed by atoms with Crippen LogP contribution in [0.3, 0.4) is 0 Å². The van der Waals surface area contributed by atoms with Gasteiger partial charge in [-0.15, -0.1) is 0 Å². The van der Waals surface area contributed by atoms with Gasteiger partial charge < -0.3 is 10.2 Å². The Kier molecular flexibility index (Phi) is 3.64. The molecule has 108 valence electrons. The Morgan fingerprint density at radius 1 is 1.25 bits per heavy atom. The van der Waals surface area contributed by atoms with E-state index in [0.717, 1.165) is 49.3 Å². The molecule has 2 aliphatic rings. The molecule has 1 amide bonds. The lowest BCUT2D eigenvalue weighted by Gasteiger charge is -2.20. The molecule has 2 unspecified atom stereocenters. The fraction of sp³-hybridized carbons (Fsp3) is 0.625. The maximum absolute atomic E-state index is 12.2. The number of amides is 1. The van der Waals surface area contributed by atoms with Crippen LogP contribution in [0.4, 0.5) is 11.5 Å². The molecule has 3 rings (SSSR count).